The molecule has 0 bridgehead atoms. The molecule has 0 radical (unpaired) electrons. The van der Waals surface area contributed by atoms with Gasteiger partial charge in [0.05, 0.1) is 18.0 Å². The predicted molar refractivity (Wildman–Crippen MR) is 111 cm³/mol. The lowest BCUT2D eigenvalue weighted by atomic mass is 10.2. The van der Waals surface area contributed by atoms with E-state index in [-0.39, 0.29) is 17.2 Å². The van der Waals surface area contributed by atoms with Crippen molar-refractivity contribution in [3.63, 3.8) is 0 Å². The number of methoxy groups -OCH3 is 1. The molecule has 28 heavy (non-hydrogen) atoms. The first kappa shape index (κ1) is 19.3. The van der Waals surface area contributed by atoms with E-state index in [1.807, 2.05) is 6.07 Å². The summed E-state index contributed by atoms with van der Waals surface area (Å²) >= 11 is 5.15. The van der Waals surface area contributed by atoms with Gasteiger partial charge in [0.15, 0.2) is 5.11 Å². The molecule has 0 saturated carbocycles. The van der Waals surface area contributed by atoms with Crippen LogP contribution in [0.15, 0.2) is 53.3 Å². The van der Waals surface area contributed by atoms with Crippen LogP contribution in [0.1, 0.15) is 5.82 Å². The summed E-state index contributed by atoms with van der Waals surface area (Å²) < 4.78 is 6.41. The number of benzene rings is 2. The summed E-state index contributed by atoms with van der Waals surface area (Å²) in [5.74, 6) is 0.751. The predicted octanol–water partition coefficient (Wildman–Crippen LogP) is 1.73. The maximum absolute atomic E-state index is 12.6. The van der Waals surface area contributed by atoms with Crippen LogP contribution in [-0.4, -0.2) is 27.7 Å². The molecule has 2 aromatic carbocycles. The number of para-hydroxylation sites is 1. The average molecular weight is 397 g/mol. The van der Waals surface area contributed by atoms with Crippen LogP contribution < -0.4 is 26.5 Å². The monoisotopic (exact) mass is 397 g/mol. The normalized spacial score (nSPS) is 10.4. The SMILES string of the molecule is COc1ccc(NC(=S)NNC(=O)Cn2c(C)nc3ccccc3c2=O)cc1. The fraction of sp³-hybridized carbons (Fsp3) is 0.158. The zero-order valence-corrected chi connectivity index (χ0v) is 16.2. The summed E-state index contributed by atoms with van der Waals surface area (Å²) in [6.07, 6.45) is 0. The molecule has 0 saturated heterocycles. The van der Waals surface area contributed by atoms with E-state index < -0.39 is 5.91 Å². The van der Waals surface area contributed by atoms with Crippen molar-refractivity contribution in [3.05, 3.63) is 64.7 Å². The second-order valence-electron chi connectivity index (χ2n) is 5.92. The number of aromatic nitrogens is 2. The van der Waals surface area contributed by atoms with Crippen LogP contribution in [0.5, 0.6) is 5.75 Å². The van der Waals surface area contributed by atoms with Crippen molar-refractivity contribution in [2.75, 3.05) is 12.4 Å². The minimum atomic E-state index is -0.429. The maximum atomic E-state index is 12.6. The molecular weight excluding hydrogens is 378 g/mol. The van der Waals surface area contributed by atoms with Crippen molar-refractivity contribution in [1.82, 2.24) is 20.4 Å². The molecule has 0 aliphatic carbocycles. The quantitative estimate of drug-likeness (QED) is 0.456. The Kier molecular flexibility index (Phi) is 5.85. The first-order chi connectivity index (χ1) is 13.5. The van der Waals surface area contributed by atoms with Crippen LogP contribution in [0.4, 0.5) is 5.69 Å². The van der Waals surface area contributed by atoms with E-state index in [0.717, 1.165) is 11.4 Å². The van der Waals surface area contributed by atoms with Gasteiger partial charge in [-0.2, -0.15) is 0 Å². The number of hydrogen-bond acceptors (Lipinski definition) is 5. The molecule has 1 aromatic heterocycles. The Morgan fingerprint density at radius 1 is 1.14 bits per heavy atom. The molecule has 0 aliphatic heterocycles. The van der Waals surface area contributed by atoms with Gasteiger partial charge in [-0.05, 0) is 55.5 Å². The second kappa shape index (κ2) is 8.49. The van der Waals surface area contributed by atoms with Gasteiger partial charge in [0, 0.05) is 5.69 Å². The number of aryl methyl sites for hydroxylation is 1. The summed E-state index contributed by atoms with van der Waals surface area (Å²) in [4.78, 5) is 29.2. The van der Waals surface area contributed by atoms with Crippen LogP contribution >= 0.6 is 12.2 Å². The van der Waals surface area contributed by atoms with Gasteiger partial charge in [0.2, 0.25) is 0 Å². The lowest BCUT2D eigenvalue weighted by Gasteiger charge is -2.14. The minimum Gasteiger partial charge on any atom is -0.497 e. The van der Waals surface area contributed by atoms with Crippen molar-refractivity contribution in [1.29, 1.82) is 0 Å². The first-order valence-corrected chi connectivity index (χ1v) is 8.85. The molecular formula is C19H19N5O3S. The third kappa shape index (κ3) is 4.44. The van der Waals surface area contributed by atoms with Crippen LogP contribution in [-0.2, 0) is 11.3 Å². The van der Waals surface area contributed by atoms with Crippen molar-refractivity contribution >= 4 is 39.8 Å². The minimum absolute atomic E-state index is 0.180. The Balaban J connectivity index is 1.60. The Labute approximate surface area is 166 Å². The van der Waals surface area contributed by atoms with E-state index >= 15 is 0 Å². The third-order valence-electron chi connectivity index (χ3n) is 4.02. The van der Waals surface area contributed by atoms with Gasteiger partial charge in [-0.25, -0.2) is 4.98 Å². The highest BCUT2D eigenvalue weighted by Crippen LogP contribution is 2.14. The molecule has 0 spiro atoms. The molecule has 3 rings (SSSR count). The molecule has 9 heteroatoms. The van der Waals surface area contributed by atoms with Crippen LogP contribution in [0, 0.1) is 6.92 Å². The lowest BCUT2D eigenvalue weighted by molar-refractivity contribution is -0.122. The summed E-state index contributed by atoms with van der Waals surface area (Å²) in [7, 11) is 1.59. The molecule has 8 nitrogen and oxygen atoms in total. The zero-order chi connectivity index (χ0) is 20.1. The lowest BCUT2D eigenvalue weighted by Crippen LogP contribution is -2.46. The van der Waals surface area contributed by atoms with Crippen LogP contribution in [0.3, 0.4) is 0 Å². The molecule has 0 atom stereocenters. The number of thiocarbonyl (C=S) groups is 1. The molecule has 0 unspecified atom stereocenters. The summed E-state index contributed by atoms with van der Waals surface area (Å²) in [5.41, 5.74) is 6.15. The molecule has 3 aromatic rings. The van der Waals surface area contributed by atoms with E-state index in [0.29, 0.717) is 16.7 Å². The van der Waals surface area contributed by atoms with Crippen molar-refractivity contribution in [2.45, 2.75) is 13.5 Å². The molecule has 1 heterocycles. The Morgan fingerprint density at radius 2 is 1.86 bits per heavy atom. The molecule has 1 amide bonds. The van der Waals surface area contributed by atoms with Gasteiger partial charge in [-0.3, -0.25) is 25.0 Å². The number of carbonyl (C=O) groups excluding carboxylic acids is 1. The Bertz CT molecular complexity index is 1080. The van der Waals surface area contributed by atoms with Crippen molar-refractivity contribution in [2.24, 2.45) is 0 Å². The number of hydrazine groups is 1. The summed E-state index contributed by atoms with van der Waals surface area (Å²) in [6, 6.07) is 14.2. The van der Waals surface area contributed by atoms with E-state index in [2.05, 4.69) is 21.2 Å². The summed E-state index contributed by atoms with van der Waals surface area (Å²) in [6.45, 7) is 1.51. The van der Waals surface area contributed by atoms with Crippen LogP contribution in [0.25, 0.3) is 10.9 Å². The number of hydrogen-bond donors (Lipinski definition) is 3. The fourth-order valence-electron chi connectivity index (χ4n) is 2.61. The van der Waals surface area contributed by atoms with Gasteiger partial charge >= 0.3 is 0 Å². The van der Waals surface area contributed by atoms with Gasteiger partial charge in [-0.15, -0.1) is 0 Å². The summed E-state index contributed by atoms with van der Waals surface area (Å²) in [5, 5.41) is 3.60. The highest BCUT2D eigenvalue weighted by atomic mass is 32.1. The van der Waals surface area contributed by atoms with E-state index in [4.69, 9.17) is 17.0 Å². The van der Waals surface area contributed by atoms with Gasteiger partial charge < -0.3 is 10.1 Å². The number of nitrogens with zero attached hydrogens (tertiary/aromatic N) is 2. The fourth-order valence-corrected chi connectivity index (χ4v) is 2.78. The first-order valence-electron chi connectivity index (χ1n) is 8.44. The molecule has 3 N–H and O–H groups in total. The number of carbonyl (C=O) groups is 1. The van der Waals surface area contributed by atoms with Gasteiger partial charge in [-0.1, -0.05) is 12.1 Å². The van der Waals surface area contributed by atoms with E-state index in [1.54, 1.807) is 56.5 Å². The second-order valence-corrected chi connectivity index (χ2v) is 6.33. The average Bonchev–Trinajstić information content (AvgIpc) is 2.70. The van der Waals surface area contributed by atoms with E-state index in [9.17, 15) is 9.59 Å². The third-order valence-corrected chi connectivity index (χ3v) is 4.22. The molecule has 144 valence electrons. The number of ether oxygens (including phenoxy) is 1. The number of fused-ring (bicyclic) bond motifs is 1. The smallest absolute Gasteiger partial charge is 0.261 e. The Morgan fingerprint density at radius 3 is 2.57 bits per heavy atom. The number of rotatable bonds is 4. The number of nitrogens with one attached hydrogen (secondary N) is 3. The number of amides is 1. The molecule has 0 fully saturated rings. The highest BCUT2D eigenvalue weighted by Gasteiger charge is 2.11. The Hall–Kier alpha value is -3.46. The topological polar surface area (TPSA) is 97.3 Å². The maximum Gasteiger partial charge on any atom is 0.261 e. The molecule has 0 aliphatic rings. The zero-order valence-electron chi connectivity index (χ0n) is 15.4. The standard InChI is InChI=1S/C19H19N5O3S/c1-12-20-16-6-4-3-5-15(16)18(26)24(12)11-17(25)22-23-19(28)21-13-7-9-14(27-2)10-8-13/h3-10H,11H2,1-2H3,(H,22,25)(H2,21,23,28). The largest absolute Gasteiger partial charge is 0.497 e. The van der Waals surface area contributed by atoms with Crippen molar-refractivity contribution in [3.8, 4) is 5.75 Å². The van der Waals surface area contributed by atoms with Crippen molar-refractivity contribution < 1.29 is 9.53 Å². The van der Waals surface area contributed by atoms with Gasteiger partial charge in [0.1, 0.15) is 18.1 Å². The van der Waals surface area contributed by atoms with E-state index in [1.165, 1.54) is 4.57 Å². The van der Waals surface area contributed by atoms with Crippen LogP contribution in [0.2, 0.25) is 0 Å². The number of anilines is 1. The van der Waals surface area contributed by atoms with Gasteiger partial charge in [0.25, 0.3) is 11.5 Å². The highest BCUT2D eigenvalue weighted by molar-refractivity contribution is 7.80.